The molecular formula is C24H36O. The van der Waals surface area contributed by atoms with Crippen molar-refractivity contribution in [2.45, 2.75) is 78.6 Å². The van der Waals surface area contributed by atoms with Crippen molar-refractivity contribution >= 4 is 5.78 Å². The highest BCUT2D eigenvalue weighted by atomic mass is 16.1. The van der Waals surface area contributed by atoms with Gasteiger partial charge in [-0.2, -0.15) is 0 Å². The van der Waals surface area contributed by atoms with E-state index in [-0.39, 0.29) is 5.41 Å². The minimum Gasteiger partial charge on any atom is -0.295 e. The van der Waals surface area contributed by atoms with Gasteiger partial charge in [0, 0.05) is 6.42 Å². The van der Waals surface area contributed by atoms with Gasteiger partial charge in [-0.3, -0.25) is 4.79 Å². The molecule has 0 aromatic carbocycles. The van der Waals surface area contributed by atoms with Gasteiger partial charge in [0.05, 0.1) is 0 Å². The summed E-state index contributed by atoms with van der Waals surface area (Å²) in [7, 11) is 0. The number of rotatable bonds is 3. The van der Waals surface area contributed by atoms with Crippen molar-refractivity contribution in [3.05, 3.63) is 24.3 Å². The SMILES string of the molecule is C=CCC1C[C@H]2[C@@H]3CC[C@H](CC)[C@@]3(C)CC[C@@H]2[C@@]2(C)CCC(=O)C=C12. The first-order valence-corrected chi connectivity index (χ1v) is 10.8. The molecule has 25 heavy (non-hydrogen) atoms. The molecule has 3 fully saturated rings. The van der Waals surface area contributed by atoms with Crippen LogP contribution >= 0.6 is 0 Å². The van der Waals surface area contributed by atoms with Gasteiger partial charge in [0.2, 0.25) is 0 Å². The van der Waals surface area contributed by atoms with Gasteiger partial charge in [-0.05, 0) is 91.4 Å². The molecule has 3 saturated carbocycles. The fourth-order valence-electron chi connectivity index (χ4n) is 7.99. The zero-order valence-electron chi connectivity index (χ0n) is 16.5. The topological polar surface area (TPSA) is 17.1 Å². The molecule has 4 aliphatic rings. The van der Waals surface area contributed by atoms with Crippen molar-refractivity contribution in [1.29, 1.82) is 0 Å². The maximum Gasteiger partial charge on any atom is 0.155 e. The molecule has 7 atom stereocenters. The lowest BCUT2D eigenvalue weighted by molar-refractivity contribution is -0.118. The molecule has 0 spiro atoms. The Morgan fingerprint density at radius 1 is 1.20 bits per heavy atom. The third-order valence-corrected chi connectivity index (χ3v) is 9.26. The molecule has 138 valence electrons. The molecule has 4 aliphatic carbocycles. The number of hydrogen-bond donors (Lipinski definition) is 0. The Morgan fingerprint density at radius 3 is 2.72 bits per heavy atom. The Kier molecular flexibility index (Phi) is 4.28. The Hall–Kier alpha value is -0.850. The first kappa shape index (κ1) is 17.6. The summed E-state index contributed by atoms with van der Waals surface area (Å²) in [5.74, 6) is 4.47. The number of allylic oxidation sites excluding steroid dienone is 2. The van der Waals surface area contributed by atoms with E-state index in [1.165, 1.54) is 44.1 Å². The molecule has 1 nitrogen and oxygen atoms in total. The molecule has 0 saturated heterocycles. The Morgan fingerprint density at radius 2 is 2.00 bits per heavy atom. The van der Waals surface area contributed by atoms with Crippen LogP contribution in [-0.4, -0.2) is 5.78 Å². The van der Waals surface area contributed by atoms with E-state index in [1.54, 1.807) is 0 Å². The third-order valence-electron chi connectivity index (χ3n) is 9.26. The maximum absolute atomic E-state index is 12.2. The maximum atomic E-state index is 12.2. The highest BCUT2D eigenvalue weighted by Gasteiger charge is 2.59. The van der Waals surface area contributed by atoms with Gasteiger partial charge in [0.15, 0.2) is 5.78 Å². The largest absolute Gasteiger partial charge is 0.295 e. The minimum absolute atomic E-state index is 0.274. The molecule has 1 heteroatoms. The molecule has 0 aromatic rings. The number of hydrogen-bond acceptors (Lipinski definition) is 1. The molecule has 4 rings (SSSR count). The van der Waals surface area contributed by atoms with E-state index in [2.05, 4.69) is 39.5 Å². The van der Waals surface area contributed by atoms with Gasteiger partial charge in [0.1, 0.15) is 0 Å². The predicted molar refractivity (Wildman–Crippen MR) is 104 cm³/mol. The van der Waals surface area contributed by atoms with Crippen LogP contribution in [0.4, 0.5) is 0 Å². The molecule has 0 aliphatic heterocycles. The fourth-order valence-corrected chi connectivity index (χ4v) is 7.99. The van der Waals surface area contributed by atoms with Gasteiger partial charge < -0.3 is 0 Å². The van der Waals surface area contributed by atoms with Crippen LogP contribution in [0.25, 0.3) is 0 Å². The van der Waals surface area contributed by atoms with Gasteiger partial charge >= 0.3 is 0 Å². The number of fused-ring (bicyclic) bond motifs is 5. The molecule has 0 bridgehead atoms. The first-order chi connectivity index (χ1) is 11.9. The average Bonchev–Trinajstić information content (AvgIpc) is 2.93. The summed E-state index contributed by atoms with van der Waals surface area (Å²) in [5, 5.41) is 0. The number of carbonyl (C=O) groups is 1. The van der Waals surface area contributed by atoms with Crippen LogP contribution in [-0.2, 0) is 4.79 Å². The van der Waals surface area contributed by atoms with Crippen molar-refractivity contribution < 1.29 is 4.79 Å². The normalized spacial score (nSPS) is 49.0. The Bertz CT molecular complexity index is 601. The van der Waals surface area contributed by atoms with Gasteiger partial charge in [-0.15, -0.1) is 6.58 Å². The smallest absolute Gasteiger partial charge is 0.155 e. The van der Waals surface area contributed by atoms with Crippen LogP contribution in [0.2, 0.25) is 0 Å². The molecule has 0 amide bonds. The van der Waals surface area contributed by atoms with Crippen molar-refractivity contribution in [3.8, 4) is 0 Å². The monoisotopic (exact) mass is 340 g/mol. The quantitative estimate of drug-likeness (QED) is 0.547. The molecule has 0 aromatic heterocycles. The van der Waals surface area contributed by atoms with Gasteiger partial charge in [0.25, 0.3) is 0 Å². The summed E-state index contributed by atoms with van der Waals surface area (Å²) in [6, 6.07) is 0. The van der Waals surface area contributed by atoms with E-state index in [0.717, 1.165) is 42.9 Å². The summed E-state index contributed by atoms with van der Waals surface area (Å²) in [6.45, 7) is 11.6. The average molecular weight is 341 g/mol. The summed E-state index contributed by atoms with van der Waals surface area (Å²) in [6.07, 6.45) is 15.4. The lowest BCUT2D eigenvalue weighted by Gasteiger charge is -2.60. The molecule has 0 N–H and O–H groups in total. The van der Waals surface area contributed by atoms with E-state index in [0.29, 0.717) is 17.1 Å². The number of carbonyl (C=O) groups excluding carboxylic acids is 1. The zero-order valence-corrected chi connectivity index (χ0v) is 16.5. The molecular weight excluding hydrogens is 304 g/mol. The molecule has 0 heterocycles. The van der Waals surface area contributed by atoms with Crippen molar-refractivity contribution in [2.75, 3.05) is 0 Å². The van der Waals surface area contributed by atoms with E-state index in [4.69, 9.17) is 0 Å². The standard InChI is InChI=1S/C24H36O/c1-5-7-16-14-19-20-9-8-17(6-2)23(20,3)13-11-21(19)24(4)12-10-18(25)15-22(16)24/h5,15-17,19-21H,1,6-14H2,2-4H3/t16?,17-,19-,20-,21-,23+,24+/m0/s1. The second-order valence-corrected chi connectivity index (χ2v) is 10.0. The predicted octanol–water partition coefficient (Wildman–Crippen LogP) is 6.35. The summed E-state index contributed by atoms with van der Waals surface area (Å²) in [5.41, 5.74) is 2.35. The van der Waals surface area contributed by atoms with Crippen molar-refractivity contribution in [3.63, 3.8) is 0 Å². The highest BCUT2D eigenvalue weighted by molar-refractivity contribution is 5.91. The fraction of sp³-hybridized carbons (Fsp3) is 0.792. The van der Waals surface area contributed by atoms with Gasteiger partial charge in [-0.1, -0.05) is 38.8 Å². The lowest BCUT2D eigenvalue weighted by atomic mass is 9.45. The van der Waals surface area contributed by atoms with Crippen molar-refractivity contribution in [1.82, 2.24) is 0 Å². The molecule has 1 unspecified atom stereocenters. The highest BCUT2D eigenvalue weighted by Crippen LogP contribution is 2.68. The second-order valence-electron chi connectivity index (χ2n) is 10.0. The van der Waals surface area contributed by atoms with Crippen LogP contribution in [0.5, 0.6) is 0 Å². The number of ketones is 1. The van der Waals surface area contributed by atoms with Crippen LogP contribution < -0.4 is 0 Å². The zero-order chi connectivity index (χ0) is 17.8. The Labute approximate surface area is 154 Å². The molecule has 0 radical (unpaired) electrons. The van der Waals surface area contributed by atoms with E-state index < -0.39 is 0 Å². The first-order valence-electron chi connectivity index (χ1n) is 10.8. The van der Waals surface area contributed by atoms with Crippen LogP contribution in [0.3, 0.4) is 0 Å². The van der Waals surface area contributed by atoms with E-state index in [9.17, 15) is 4.79 Å². The van der Waals surface area contributed by atoms with Crippen LogP contribution in [0.15, 0.2) is 24.3 Å². The van der Waals surface area contributed by atoms with Crippen LogP contribution in [0.1, 0.15) is 78.6 Å². The van der Waals surface area contributed by atoms with E-state index in [1.807, 2.05) is 0 Å². The second kappa shape index (κ2) is 6.10. The van der Waals surface area contributed by atoms with Crippen molar-refractivity contribution in [2.24, 2.45) is 40.4 Å². The summed E-state index contributed by atoms with van der Waals surface area (Å²) in [4.78, 5) is 12.2. The van der Waals surface area contributed by atoms with E-state index >= 15 is 0 Å². The van der Waals surface area contributed by atoms with Crippen LogP contribution in [0, 0.1) is 40.4 Å². The lowest BCUT2D eigenvalue weighted by Crippen LogP contribution is -2.52. The third kappa shape index (κ3) is 2.44. The minimum atomic E-state index is 0.274. The summed E-state index contributed by atoms with van der Waals surface area (Å²) >= 11 is 0. The Balaban J connectivity index is 1.72. The van der Waals surface area contributed by atoms with Gasteiger partial charge in [-0.25, -0.2) is 0 Å². The summed E-state index contributed by atoms with van der Waals surface area (Å²) < 4.78 is 0.